The molecule has 7 heteroatoms. The highest BCUT2D eigenvalue weighted by Gasteiger charge is 2.17. The highest BCUT2D eigenvalue weighted by Crippen LogP contribution is 2.31. The van der Waals surface area contributed by atoms with E-state index in [4.69, 9.17) is 17.3 Å². The molecular formula is C20H13ClF2N4. The number of anilines is 1. The quantitative estimate of drug-likeness (QED) is 0.535. The van der Waals surface area contributed by atoms with Crippen molar-refractivity contribution < 1.29 is 8.78 Å². The zero-order valence-electron chi connectivity index (χ0n) is 13.9. The Balaban J connectivity index is 1.86. The molecule has 4 nitrogen and oxygen atoms in total. The monoisotopic (exact) mass is 382 g/mol. The van der Waals surface area contributed by atoms with Crippen molar-refractivity contribution in [1.82, 2.24) is 14.5 Å². The van der Waals surface area contributed by atoms with E-state index in [-0.39, 0.29) is 11.5 Å². The van der Waals surface area contributed by atoms with Gasteiger partial charge in [-0.2, -0.15) is 0 Å². The molecule has 0 bridgehead atoms. The van der Waals surface area contributed by atoms with E-state index in [1.165, 1.54) is 22.9 Å². The highest BCUT2D eigenvalue weighted by atomic mass is 35.5. The van der Waals surface area contributed by atoms with E-state index in [1.807, 2.05) is 18.2 Å². The summed E-state index contributed by atoms with van der Waals surface area (Å²) < 4.78 is 29.3. The summed E-state index contributed by atoms with van der Waals surface area (Å²) in [5.74, 6) is -1.30. The van der Waals surface area contributed by atoms with Gasteiger partial charge in [0.05, 0.1) is 11.3 Å². The standard InChI is InChI=1S/C20H13ClF2N4/c21-14-6-4-12(5-7-14)13-10-15(19(24)26-11-13)20-25-8-9-27(20)17-3-1-2-16(22)18(17)23/h1-11H,(H2,24,26). The second-order valence-corrected chi connectivity index (χ2v) is 6.29. The van der Waals surface area contributed by atoms with Gasteiger partial charge < -0.3 is 5.73 Å². The van der Waals surface area contributed by atoms with Gasteiger partial charge in [-0.25, -0.2) is 18.7 Å². The summed E-state index contributed by atoms with van der Waals surface area (Å²) in [4.78, 5) is 8.51. The summed E-state index contributed by atoms with van der Waals surface area (Å²) in [5, 5.41) is 0.625. The second kappa shape index (κ2) is 6.81. The van der Waals surface area contributed by atoms with Crippen LogP contribution in [-0.4, -0.2) is 14.5 Å². The minimum atomic E-state index is -0.961. The molecule has 0 amide bonds. The van der Waals surface area contributed by atoms with Crippen molar-refractivity contribution in [2.24, 2.45) is 0 Å². The van der Waals surface area contributed by atoms with Crippen LogP contribution in [0.2, 0.25) is 5.02 Å². The number of pyridine rings is 1. The van der Waals surface area contributed by atoms with Crippen molar-refractivity contribution >= 4 is 17.4 Å². The van der Waals surface area contributed by atoms with Gasteiger partial charge in [-0.05, 0) is 35.9 Å². The molecule has 27 heavy (non-hydrogen) atoms. The molecule has 2 aromatic carbocycles. The Hall–Kier alpha value is -3.25. The van der Waals surface area contributed by atoms with Crippen molar-refractivity contribution in [2.75, 3.05) is 5.73 Å². The van der Waals surface area contributed by atoms with Crippen LogP contribution in [-0.2, 0) is 0 Å². The number of nitrogens with zero attached hydrogens (tertiary/aromatic N) is 3. The van der Waals surface area contributed by atoms with E-state index in [9.17, 15) is 8.78 Å². The maximum atomic E-state index is 14.3. The SMILES string of the molecule is Nc1ncc(-c2ccc(Cl)cc2)cc1-c1nccn1-c1cccc(F)c1F. The maximum absolute atomic E-state index is 14.3. The summed E-state index contributed by atoms with van der Waals surface area (Å²) in [5.41, 5.74) is 8.28. The highest BCUT2D eigenvalue weighted by molar-refractivity contribution is 6.30. The molecule has 0 saturated carbocycles. The van der Waals surface area contributed by atoms with E-state index >= 15 is 0 Å². The first-order valence-corrected chi connectivity index (χ1v) is 8.42. The largest absolute Gasteiger partial charge is 0.383 e. The number of benzene rings is 2. The zero-order chi connectivity index (χ0) is 19.0. The molecule has 4 aromatic rings. The number of halogens is 3. The van der Waals surface area contributed by atoms with Crippen LogP contribution in [0.1, 0.15) is 0 Å². The topological polar surface area (TPSA) is 56.7 Å². The molecule has 0 fully saturated rings. The number of nitrogen functional groups attached to an aromatic ring is 1. The Morgan fingerprint density at radius 1 is 0.963 bits per heavy atom. The Kier molecular flexibility index (Phi) is 4.33. The molecule has 0 aliphatic rings. The van der Waals surface area contributed by atoms with Crippen molar-refractivity contribution in [3.05, 3.63) is 83.8 Å². The van der Waals surface area contributed by atoms with Crippen LogP contribution in [0.4, 0.5) is 14.6 Å². The molecule has 0 radical (unpaired) electrons. The molecule has 4 rings (SSSR count). The Bertz CT molecular complexity index is 1120. The molecule has 2 aromatic heterocycles. The van der Waals surface area contributed by atoms with Gasteiger partial charge in [0.25, 0.3) is 0 Å². The van der Waals surface area contributed by atoms with Gasteiger partial charge in [0.2, 0.25) is 0 Å². The van der Waals surface area contributed by atoms with Crippen LogP contribution in [0, 0.1) is 11.6 Å². The first-order chi connectivity index (χ1) is 13.0. The molecule has 0 spiro atoms. The van der Waals surface area contributed by atoms with Gasteiger partial charge in [0.1, 0.15) is 11.6 Å². The Morgan fingerprint density at radius 2 is 1.74 bits per heavy atom. The number of nitrogens with two attached hydrogens (primary N) is 1. The van der Waals surface area contributed by atoms with Crippen LogP contribution in [0.25, 0.3) is 28.2 Å². The Labute approximate surface area is 158 Å². The predicted octanol–water partition coefficient (Wildman–Crippen LogP) is 5.12. The molecular weight excluding hydrogens is 370 g/mol. The van der Waals surface area contributed by atoms with Crippen LogP contribution in [0.3, 0.4) is 0 Å². The maximum Gasteiger partial charge on any atom is 0.182 e. The van der Waals surface area contributed by atoms with Crippen LogP contribution in [0.5, 0.6) is 0 Å². The fraction of sp³-hybridized carbons (Fsp3) is 0. The van der Waals surface area contributed by atoms with Gasteiger partial charge in [-0.15, -0.1) is 0 Å². The van der Waals surface area contributed by atoms with Crippen LogP contribution in [0.15, 0.2) is 67.1 Å². The predicted molar refractivity (Wildman–Crippen MR) is 102 cm³/mol. The number of hydrogen-bond acceptors (Lipinski definition) is 3. The van der Waals surface area contributed by atoms with Gasteiger partial charge in [-0.1, -0.05) is 29.8 Å². The molecule has 0 atom stereocenters. The van der Waals surface area contributed by atoms with Crippen LogP contribution >= 0.6 is 11.6 Å². The molecule has 2 heterocycles. The van der Waals surface area contributed by atoms with E-state index in [0.29, 0.717) is 16.4 Å². The van der Waals surface area contributed by atoms with Gasteiger partial charge in [0, 0.05) is 29.2 Å². The molecule has 0 unspecified atom stereocenters. The normalized spacial score (nSPS) is 10.9. The number of hydrogen-bond donors (Lipinski definition) is 1. The van der Waals surface area contributed by atoms with Crippen LogP contribution < -0.4 is 5.73 Å². The lowest BCUT2D eigenvalue weighted by molar-refractivity contribution is 0.504. The molecule has 134 valence electrons. The van der Waals surface area contributed by atoms with E-state index in [0.717, 1.165) is 17.2 Å². The molecule has 0 saturated heterocycles. The lowest BCUT2D eigenvalue weighted by Crippen LogP contribution is -2.04. The van der Waals surface area contributed by atoms with E-state index < -0.39 is 11.6 Å². The smallest absolute Gasteiger partial charge is 0.182 e. The first kappa shape index (κ1) is 17.2. The number of aromatic nitrogens is 3. The van der Waals surface area contributed by atoms with Crippen molar-refractivity contribution in [3.63, 3.8) is 0 Å². The first-order valence-electron chi connectivity index (χ1n) is 8.04. The van der Waals surface area contributed by atoms with Crippen molar-refractivity contribution in [2.45, 2.75) is 0 Å². The summed E-state index contributed by atoms with van der Waals surface area (Å²) in [6, 6.07) is 13.0. The second-order valence-electron chi connectivity index (χ2n) is 5.86. The fourth-order valence-electron chi connectivity index (χ4n) is 2.83. The fourth-order valence-corrected chi connectivity index (χ4v) is 2.96. The lowest BCUT2D eigenvalue weighted by atomic mass is 10.1. The number of imidazole rings is 1. The molecule has 2 N–H and O–H groups in total. The van der Waals surface area contributed by atoms with Crippen molar-refractivity contribution in [1.29, 1.82) is 0 Å². The van der Waals surface area contributed by atoms with E-state index in [1.54, 1.807) is 24.5 Å². The van der Waals surface area contributed by atoms with Gasteiger partial charge >= 0.3 is 0 Å². The third-order valence-electron chi connectivity index (χ3n) is 4.17. The minimum absolute atomic E-state index is 0.0406. The lowest BCUT2D eigenvalue weighted by Gasteiger charge is -2.12. The third-order valence-corrected chi connectivity index (χ3v) is 4.42. The molecule has 0 aliphatic heterocycles. The zero-order valence-corrected chi connectivity index (χ0v) is 14.7. The van der Waals surface area contributed by atoms with Gasteiger partial charge in [0.15, 0.2) is 11.6 Å². The summed E-state index contributed by atoms with van der Waals surface area (Å²) in [6.45, 7) is 0. The summed E-state index contributed by atoms with van der Waals surface area (Å²) >= 11 is 5.94. The summed E-state index contributed by atoms with van der Waals surface area (Å²) in [7, 11) is 0. The average molecular weight is 383 g/mol. The average Bonchev–Trinajstić information content (AvgIpc) is 3.14. The Morgan fingerprint density at radius 3 is 2.52 bits per heavy atom. The number of rotatable bonds is 3. The molecule has 0 aliphatic carbocycles. The van der Waals surface area contributed by atoms with Gasteiger partial charge in [-0.3, -0.25) is 4.57 Å². The van der Waals surface area contributed by atoms with Crippen molar-refractivity contribution in [3.8, 4) is 28.2 Å². The minimum Gasteiger partial charge on any atom is -0.383 e. The third kappa shape index (κ3) is 3.15. The van der Waals surface area contributed by atoms with E-state index in [2.05, 4.69) is 9.97 Å². The summed E-state index contributed by atoms with van der Waals surface area (Å²) in [6.07, 6.45) is 4.67.